The standard InChI is InChI=1S/C31H25N5O2/c1-21-34-36(26-13-11-22(12-14-26)19-33-30(38)18-24-9-5-6-10-29(24)37)31-27-17-25(23-7-3-2-4-8-23)20-32-28(27)15-16-35(21)31/h2-17,20H,18-19H2,1H3,(H-,33,37,38)/p+1. The molecule has 7 heteroatoms. The molecule has 0 radical (unpaired) electrons. The number of hydrogen-bond donors (Lipinski definition) is 2. The van der Waals surface area contributed by atoms with Gasteiger partial charge in [-0.1, -0.05) is 65.3 Å². The van der Waals surface area contributed by atoms with E-state index < -0.39 is 0 Å². The lowest BCUT2D eigenvalue weighted by Gasteiger charge is -2.07. The number of pyridine rings is 2. The summed E-state index contributed by atoms with van der Waals surface area (Å²) in [6, 6.07) is 29.3. The van der Waals surface area contributed by atoms with E-state index in [0.29, 0.717) is 12.1 Å². The Morgan fingerprint density at radius 3 is 2.50 bits per heavy atom. The number of nitrogens with zero attached hydrogens (tertiary/aromatic N) is 4. The Kier molecular flexibility index (Phi) is 6.01. The van der Waals surface area contributed by atoms with Gasteiger partial charge in [-0.25, -0.2) is 4.40 Å². The summed E-state index contributed by atoms with van der Waals surface area (Å²) in [6.07, 6.45) is 4.04. The molecule has 3 aromatic carbocycles. The molecule has 0 fully saturated rings. The predicted molar refractivity (Wildman–Crippen MR) is 146 cm³/mol. The first kappa shape index (κ1) is 23.4. The Hall–Kier alpha value is -5.04. The van der Waals surface area contributed by atoms with Crippen LogP contribution in [0.4, 0.5) is 0 Å². The van der Waals surface area contributed by atoms with Crippen LogP contribution < -0.4 is 9.72 Å². The molecular weight excluding hydrogens is 474 g/mol. The van der Waals surface area contributed by atoms with Crippen LogP contribution in [0.3, 0.4) is 0 Å². The van der Waals surface area contributed by atoms with Gasteiger partial charge in [0.25, 0.3) is 11.5 Å². The number of carbonyl (C=O) groups excluding carboxylic acids is 1. The highest BCUT2D eigenvalue weighted by molar-refractivity contribution is 5.92. The maximum atomic E-state index is 12.4. The molecule has 1 amide bonds. The number of phenolic OH excluding ortho intramolecular Hbond substituents is 1. The van der Waals surface area contributed by atoms with E-state index in [1.807, 2.05) is 78.6 Å². The zero-order chi connectivity index (χ0) is 26.1. The number of nitrogens with one attached hydrogen (secondary N) is 1. The smallest absolute Gasteiger partial charge is 0.280 e. The minimum atomic E-state index is -0.145. The third-order valence-electron chi connectivity index (χ3n) is 6.68. The molecule has 38 heavy (non-hydrogen) atoms. The molecule has 3 heterocycles. The molecule has 0 unspecified atom stereocenters. The van der Waals surface area contributed by atoms with E-state index in [2.05, 4.69) is 27.9 Å². The SMILES string of the molecule is Cc1nn(-c2ccc(CNC(=O)Cc3ccccc3O)cc2)c2c3cc(-c4ccccc4)cnc3cc[n+]12. The molecular formula is C31H26N5O2+. The van der Waals surface area contributed by atoms with E-state index in [1.165, 1.54) is 0 Å². The number of aryl methyl sites for hydroxylation is 1. The normalized spacial score (nSPS) is 11.2. The largest absolute Gasteiger partial charge is 0.508 e. The second kappa shape index (κ2) is 9.78. The first-order valence-corrected chi connectivity index (χ1v) is 12.4. The molecule has 7 nitrogen and oxygen atoms in total. The highest BCUT2D eigenvalue weighted by Crippen LogP contribution is 2.25. The second-order valence-corrected chi connectivity index (χ2v) is 9.24. The van der Waals surface area contributed by atoms with E-state index in [0.717, 1.165) is 44.8 Å². The van der Waals surface area contributed by atoms with Crippen molar-refractivity contribution in [3.05, 3.63) is 120 Å². The Labute approximate surface area is 219 Å². The van der Waals surface area contributed by atoms with E-state index >= 15 is 0 Å². The van der Waals surface area contributed by atoms with Crippen LogP contribution in [0.25, 0.3) is 33.4 Å². The Bertz CT molecular complexity index is 1780. The number of aromatic hydroxyl groups is 1. The van der Waals surface area contributed by atoms with Crippen molar-refractivity contribution in [2.75, 3.05) is 0 Å². The van der Waals surface area contributed by atoms with Crippen molar-refractivity contribution in [3.63, 3.8) is 0 Å². The van der Waals surface area contributed by atoms with E-state index in [1.54, 1.807) is 18.2 Å². The lowest BCUT2D eigenvalue weighted by atomic mass is 10.1. The van der Waals surface area contributed by atoms with Gasteiger partial charge < -0.3 is 10.4 Å². The lowest BCUT2D eigenvalue weighted by molar-refractivity contribution is -0.519. The number of benzene rings is 3. The Morgan fingerprint density at radius 1 is 0.947 bits per heavy atom. The highest BCUT2D eigenvalue weighted by atomic mass is 16.3. The summed E-state index contributed by atoms with van der Waals surface area (Å²) >= 11 is 0. The molecule has 3 aromatic heterocycles. The van der Waals surface area contributed by atoms with Crippen molar-refractivity contribution in [1.82, 2.24) is 20.1 Å². The number of fused-ring (bicyclic) bond motifs is 3. The van der Waals surface area contributed by atoms with Gasteiger partial charge in [-0.15, -0.1) is 0 Å². The van der Waals surface area contributed by atoms with Crippen molar-refractivity contribution < 1.29 is 14.3 Å². The molecule has 6 rings (SSSR count). The van der Waals surface area contributed by atoms with Crippen molar-refractivity contribution in [2.45, 2.75) is 19.9 Å². The molecule has 0 spiro atoms. The zero-order valence-electron chi connectivity index (χ0n) is 20.9. The number of amides is 1. The fourth-order valence-electron chi connectivity index (χ4n) is 4.67. The van der Waals surface area contributed by atoms with Crippen LogP contribution in [-0.4, -0.2) is 25.8 Å². The summed E-state index contributed by atoms with van der Waals surface area (Å²) in [5.41, 5.74) is 6.49. The van der Waals surface area contributed by atoms with Crippen molar-refractivity contribution >= 4 is 22.5 Å². The monoisotopic (exact) mass is 500 g/mol. The topological polar surface area (TPSA) is 84.1 Å². The number of phenols is 1. The van der Waals surface area contributed by atoms with Crippen LogP contribution >= 0.6 is 0 Å². The molecule has 0 saturated carbocycles. The Balaban J connectivity index is 1.29. The maximum Gasteiger partial charge on any atom is 0.280 e. The van der Waals surface area contributed by atoms with E-state index in [4.69, 9.17) is 10.1 Å². The van der Waals surface area contributed by atoms with Gasteiger partial charge in [0.15, 0.2) is 0 Å². The second-order valence-electron chi connectivity index (χ2n) is 9.24. The summed E-state index contributed by atoms with van der Waals surface area (Å²) in [5.74, 6) is 0.853. The van der Waals surface area contributed by atoms with Crippen molar-refractivity contribution in [2.24, 2.45) is 0 Å². The van der Waals surface area contributed by atoms with Gasteiger partial charge in [-0.3, -0.25) is 9.78 Å². The van der Waals surface area contributed by atoms with Crippen molar-refractivity contribution in [3.8, 4) is 22.6 Å². The average molecular weight is 501 g/mol. The molecule has 186 valence electrons. The van der Waals surface area contributed by atoms with Gasteiger partial charge in [0.2, 0.25) is 5.91 Å². The summed E-state index contributed by atoms with van der Waals surface area (Å²) in [4.78, 5) is 17.1. The van der Waals surface area contributed by atoms with Gasteiger partial charge in [0.1, 0.15) is 11.4 Å². The van der Waals surface area contributed by atoms with E-state index in [-0.39, 0.29) is 18.1 Å². The van der Waals surface area contributed by atoms with Crippen LogP contribution in [0.2, 0.25) is 0 Å². The molecule has 0 bridgehead atoms. The van der Waals surface area contributed by atoms with Gasteiger partial charge in [0, 0.05) is 35.9 Å². The van der Waals surface area contributed by atoms with Crippen LogP contribution in [0, 0.1) is 6.92 Å². The minimum Gasteiger partial charge on any atom is -0.508 e. The molecule has 0 saturated heterocycles. The summed E-state index contributed by atoms with van der Waals surface area (Å²) in [7, 11) is 0. The number of rotatable bonds is 6. The number of carbonyl (C=O) groups is 1. The fraction of sp³-hybridized carbons (Fsp3) is 0.0968. The minimum absolute atomic E-state index is 0.130. The van der Waals surface area contributed by atoms with E-state index in [9.17, 15) is 9.90 Å². The molecule has 0 aliphatic carbocycles. The summed E-state index contributed by atoms with van der Waals surface area (Å²) < 4.78 is 4.01. The maximum absolute atomic E-state index is 12.4. The predicted octanol–water partition coefficient (Wildman–Crippen LogP) is 4.70. The first-order chi connectivity index (χ1) is 18.6. The third-order valence-corrected chi connectivity index (χ3v) is 6.68. The Morgan fingerprint density at radius 2 is 1.71 bits per heavy atom. The van der Waals surface area contributed by atoms with Crippen LogP contribution in [0.5, 0.6) is 5.75 Å². The quantitative estimate of drug-likeness (QED) is 0.325. The highest BCUT2D eigenvalue weighted by Gasteiger charge is 2.22. The molecule has 6 aromatic rings. The molecule has 0 aliphatic heterocycles. The molecule has 0 aliphatic rings. The van der Waals surface area contributed by atoms with Gasteiger partial charge in [-0.2, -0.15) is 0 Å². The summed E-state index contributed by atoms with van der Waals surface area (Å²) in [5, 5.41) is 18.7. The average Bonchev–Trinajstić information content (AvgIpc) is 3.30. The molecule has 0 atom stereocenters. The number of para-hydroxylation sites is 1. The lowest BCUT2D eigenvalue weighted by Crippen LogP contribution is -2.24. The number of aromatic nitrogens is 4. The fourth-order valence-corrected chi connectivity index (χ4v) is 4.67. The number of hydrogen-bond acceptors (Lipinski definition) is 4. The third kappa shape index (κ3) is 4.46. The molecule has 2 N–H and O–H groups in total. The van der Waals surface area contributed by atoms with Crippen LogP contribution in [-0.2, 0) is 17.8 Å². The first-order valence-electron chi connectivity index (χ1n) is 12.4. The van der Waals surface area contributed by atoms with Gasteiger partial charge >= 0.3 is 0 Å². The van der Waals surface area contributed by atoms with Gasteiger partial charge in [-0.05, 0) is 41.5 Å². The van der Waals surface area contributed by atoms with Crippen LogP contribution in [0.1, 0.15) is 17.0 Å². The van der Waals surface area contributed by atoms with Crippen molar-refractivity contribution in [1.29, 1.82) is 0 Å². The summed E-state index contributed by atoms with van der Waals surface area (Å²) in [6.45, 7) is 2.38. The zero-order valence-corrected chi connectivity index (χ0v) is 20.9. The van der Waals surface area contributed by atoms with Gasteiger partial charge in [0.05, 0.1) is 23.5 Å². The van der Waals surface area contributed by atoms with Crippen LogP contribution in [0.15, 0.2) is 103 Å².